The fourth-order valence-corrected chi connectivity index (χ4v) is 5.65. The average molecular weight is 509 g/mol. The van der Waals surface area contributed by atoms with E-state index in [9.17, 15) is 9.59 Å². The number of fused-ring (bicyclic) bond motifs is 1. The van der Waals surface area contributed by atoms with Crippen molar-refractivity contribution in [3.63, 3.8) is 0 Å². The summed E-state index contributed by atoms with van der Waals surface area (Å²) in [7, 11) is 0. The van der Waals surface area contributed by atoms with Gasteiger partial charge in [0.1, 0.15) is 0 Å². The number of hydrogen-bond acceptors (Lipinski definition) is 5. The van der Waals surface area contributed by atoms with Gasteiger partial charge < -0.3 is 19.9 Å². The maximum atomic E-state index is 13.7. The molecular formula is C30H44N4O3. The predicted molar refractivity (Wildman–Crippen MR) is 153 cm³/mol. The number of carbonyl (C=O) groups is 1. The Morgan fingerprint density at radius 1 is 1.14 bits per heavy atom. The van der Waals surface area contributed by atoms with Crippen molar-refractivity contribution in [1.29, 1.82) is 0 Å². The maximum Gasteiger partial charge on any atom is 0.257 e. The van der Waals surface area contributed by atoms with Crippen LogP contribution >= 0.6 is 0 Å². The van der Waals surface area contributed by atoms with Crippen LogP contribution in [0.5, 0.6) is 0 Å². The van der Waals surface area contributed by atoms with Gasteiger partial charge in [-0.25, -0.2) is 0 Å². The maximum absolute atomic E-state index is 13.7. The minimum atomic E-state index is -0.106. The second kappa shape index (κ2) is 12.3. The highest BCUT2D eigenvalue weighted by molar-refractivity contribution is 6.04. The number of nitrogens with zero attached hydrogens (tertiary/aromatic N) is 2. The van der Waals surface area contributed by atoms with Gasteiger partial charge in [-0.15, -0.1) is 0 Å². The molecule has 1 aromatic carbocycles. The lowest BCUT2D eigenvalue weighted by Gasteiger charge is -2.39. The molecule has 0 unspecified atom stereocenters. The highest BCUT2D eigenvalue weighted by Gasteiger charge is 2.27. The van der Waals surface area contributed by atoms with Crippen molar-refractivity contribution in [3.05, 3.63) is 44.7 Å². The first-order valence-corrected chi connectivity index (χ1v) is 14.1. The summed E-state index contributed by atoms with van der Waals surface area (Å²) in [4.78, 5) is 34.6. The van der Waals surface area contributed by atoms with Crippen LogP contribution in [0.2, 0.25) is 0 Å². The highest BCUT2D eigenvalue weighted by atomic mass is 16.5. The number of aromatic nitrogens is 1. The number of aromatic amines is 1. The summed E-state index contributed by atoms with van der Waals surface area (Å²) < 4.78 is 5.56. The summed E-state index contributed by atoms with van der Waals surface area (Å²) in [6, 6.07) is 4.77. The van der Waals surface area contributed by atoms with Gasteiger partial charge in [-0.05, 0) is 69.7 Å². The average Bonchev–Trinajstić information content (AvgIpc) is 2.91. The first-order chi connectivity index (χ1) is 17.9. The molecule has 2 aromatic rings. The van der Waals surface area contributed by atoms with Crippen LogP contribution in [0.15, 0.2) is 22.5 Å². The normalized spacial score (nSPS) is 18.1. The number of nitrogens with one attached hydrogen (secondary N) is 2. The number of piperazine rings is 1. The zero-order valence-electron chi connectivity index (χ0n) is 23.3. The number of hydrogen-bond donors (Lipinski definition) is 2. The van der Waals surface area contributed by atoms with E-state index in [-0.39, 0.29) is 17.5 Å². The van der Waals surface area contributed by atoms with Gasteiger partial charge in [0.25, 0.3) is 11.5 Å². The van der Waals surface area contributed by atoms with Gasteiger partial charge in [-0.3, -0.25) is 14.5 Å². The number of aryl methyl sites for hydroxylation is 1. The summed E-state index contributed by atoms with van der Waals surface area (Å²) in [5.41, 5.74) is 4.86. The minimum absolute atomic E-state index is 0.0774. The third-order valence-corrected chi connectivity index (χ3v) is 8.20. The molecule has 2 fully saturated rings. The molecule has 0 atom stereocenters. The standard InChI is InChI=1S/C30H44N4O3/c1-6-20(4)17-26-28(31-22-9-15-37-16-10-22)25-19-24(21(5)18-27(25)32-29(26)35)30(36)34-13-11-33(12-14-34)23(7-2)8-3/h17-19,22-23H,6-16H2,1-5H3,(H2,31,32,35)/b20-17-. The molecule has 202 valence electrons. The number of ether oxygens (including phenoxy) is 1. The molecule has 0 spiro atoms. The summed E-state index contributed by atoms with van der Waals surface area (Å²) in [6.07, 6.45) is 6.92. The Morgan fingerprint density at radius 3 is 2.43 bits per heavy atom. The Morgan fingerprint density at radius 2 is 1.81 bits per heavy atom. The van der Waals surface area contributed by atoms with E-state index in [1.807, 2.05) is 37.0 Å². The Labute approximate surface area is 221 Å². The Kier molecular flexibility index (Phi) is 9.08. The minimum Gasteiger partial charge on any atom is -0.381 e. The van der Waals surface area contributed by atoms with Gasteiger partial charge in [-0.2, -0.15) is 0 Å². The third-order valence-electron chi connectivity index (χ3n) is 8.20. The number of pyridine rings is 1. The van der Waals surface area contributed by atoms with E-state index in [0.29, 0.717) is 30.4 Å². The largest absolute Gasteiger partial charge is 0.381 e. The lowest BCUT2D eigenvalue weighted by atomic mass is 9.98. The number of benzene rings is 1. The molecule has 2 aliphatic heterocycles. The van der Waals surface area contributed by atoms with Crippen molar-refractivity contribution < 1.29 is 9.53 Å². The predicted octanol–water partition coefficient (Wildman–Crippen LogP) is 5.19. The van der Waals surface area contributed by atoms with E-state index in [1.165, 1.54) is 0 Å². The number of allylic oxidation sites excluding steroid dienone is 1. The number of amides is 1. The van der Waals surface area contributed by atoms with Crippen molar-refractivity contribution >= 4 is 28.6 Å². The van der Waals surface area contributed by atoms with E-state index in [4.69, 9.17) is 4.74 Å². The monoisotopic (exact) mass is 508 g/mol. The topological polar surface area (TPSA) is 77.7 Å². The molecule has 7 nitrogen and oxygen atoms in total. The van der Waals surface area contributed by atoms with Crippen LogP contribution in [0.1, 0.15) is 81.3 Å². The van der Waals surface area contributed by atoms with Crippen LogP contribution in [0.3, 0.4) is 0 Å². The van der Waals surface area contributed by atoms with Gasteiger partial charge >= 0.3 is 0 Å². The van der Waals surface area contributed by atoms with Crippen molar-refractivity contribution in [2.75, 3.05) is 44.7 Å². The molecule has 1 aromatic heterocycles. The smallest absolute Gasteiger partial charge is 0.257 e. The second-order valence-corrected chi connectivity index (χ2v) is 10.6. The van der Waals surface area contributed by atoms with Crippen LogP contribution < -0.4 is 10.9 Å². The van der Waals surface area contributed by atoms with Crippen LogP contribution in [-0.2, 0) is 4.74 Å². The van der Waals surface area contributed by atoms with Gasteiger partial charge in [0.2, 0.25) is 0 Å². The van der Waals surface area contributed by atoms with Crippen molar-refractivity contribution in [2.45, 2.75) is 78.8 Å². The molecule has 2 saturated heterocycles. The summed E-state index contributed by atoms with van der Waals surface area (Å²) >= 11 is 0. The van der Waals surface area contributed by atoms with E-state index in [0.717, 1.165) is 86.0 Å². The fraction of sp³-hybridized carbons (Fsp3) is 0.600. The number of H-pyrrole nitrogens is 1. The quantitative estimate of drug-likeness (QED) is 0.513. The molecule has 37 heavy (non-hydrogen) atoms. The van der Waals surface area contributed by atoms with E-state index < -0.39 is 0 Å². The molecule has 4 rings (SSSR count). The van der Waals surface area contributed by atoms with Crippen molar-refractivity contribution in [2.24, 2.45) is 0 Å². The van der Waals surface area contributed by atoms with E-state index >= 15 is 0 Å². The molecule has 2 N–H and O–H groups in total. The Bertz CT molecular complexity index is 1180. The van der Waals surface area contributed by atoms with Crippen molar-refractivity contribution in [1.82, 2.24) is 14.8 Å². The molecule has 3 heterocycles. The molecule has 0 saturated carbocycles. The van der Waals surface area contributed by atoms with Gasteiger partial charge in [0.05, 0.1) is 16.8 Å². The first-order valence-electron chi connectivity index (χ1n) is 14.1. The van der Waals surface area contributed by atoms with Crippen LogP contribution in [0, 0.1) is 6.92 Å². The SMILES string of the molecule is CC/C(C)=C\c1c(NC2CCOCC2)c2cc(C(=O)N3CCN(C(CC)CC)CC3)c(C)cc2[nH]c1=O. The molecule has 0 bridgehead atoms. The zero-order valence-corrected chi connectivity index (χ0v) is 23.3. The van der Waals surface area contributed by atoms with Crippen molar-refractivity contribution in [3.8, 4) is 0 Å². The molecular weight excluding hydrogens is 464 g/mol. The third kappa shape index (κ3) is 6.10. The number of rotatable bonds is 8. The number of carbonyl (C=O) groups excluding carboxylic acids is 1. The Hall–Kier alpha value is -2.64. The second-order valence-electron chi connectivity index (χ2n) is 10.6. The van der Waals surface area contributed by atoms with Crippen LogP contribution in [0.4, 0.5) is 5.69 Å². The van der Waals surface area contributed by atoms with Gasteiger partial charge in [0.15, 0.2) is 0 Å². The van der Waals surface area contributed by atoms with E-state index in [1.54, 1.807) is 0 Å². The number of anilines is 1. The van der Waals surface area contributed by atoms with Crippen LogP contribution in [-0.4, -0.2) is 72.2 Å². The molecule has 1 amide bonds. The van der Waals surface area contributed by atoms with Gasteiger partial charge in [0, 0.05) is 62.4 Å². The zero-order chi connectivity index (χ0) is 26.5. The lowest BCUT2D eigenvalue weighted by Crippen LogP contribution is -2.51. The molecule has 0 aliphatic carbocycles. The highest BCUT2D eigenvalue weighted by Crippen LogP contribution is 2.31. The first kappa shape index (κ1) is 27.4. The van der Waals surface area contributed by atoms with Crippen LogP contribution in [0.25, 0.3) is 17.0 Å². The molecule has 2 aliphatic rings. The fourth-order valence-electron chi connectivity index (χ4n) is 5.65. The summed E-state index contributed by atoms with van der Waals surface area (Å²) in [5.74, 6) is 0.0774. The molecule has 0 radical (unpaired) electrons. The summed E-state index contributed by atoms with van der Waals surface area (Å²) in [5, 5.41) is 4.58. The van der Waals surface area contributed by atoms with E-state index in [2.05, 4.69) is 36.0 Å². The lowest BCUT2D eigenvalue weighted by molar-refractivity contribution is 0.0559. The van der Waals surface area contributed by atoms with Gasteiger partial charge in [-0.1, -0.05) is 26.3 Å². The Balaban J connectivity index is 1.72. The summed E-state index contributed by atoms with van der Waals surface area (Å²) in [6.45, 7) is 15.3. The molecule has 7 heteroatoms.